The molecule has 0 spiro atoms. The summed E-state index contributed by atoms with van der Waals surface area (Å²) < 4.78 is 0. The zero-order valence-corrected chi connectivity index (χ0v) is 12.4. The molecule has 3 atom stereocenters. The predicted molar refractivity (Wildman–Crippen MR) is 80.9 cm³/mol. The molecule has 1 aromatic rings. The van der Waals surface area contributed by atoms with Crippen molar-refractivity contribution in [1.82, 2.24) is 0 Å². The minimum absolute atomic E-state index is 0.169. The normalized spacial score (nSPS) is 16.3. The number of rotatable bonds is 7. The van der Waals surface area contributed by atoms with E-state index in [1.54, 1.807) is 0 Å². The van der Waals surface area contributed by atoms with Gasteiger partial charge in [0.2, 0.25) is 0 Å². The highest BCUT2D eigenvalue weighted by Gasteiger charge is 2.19. The average molecular weight is 267 g/mol. The van der Waals surface area contributed by atoms with E-state index >= 15 is 0 Å². The number of hydrogen-bond donors (Lipinski definition) is 2. The Labute approximate surface area is 115 Å². The number of hydrogen-bond acceptors (Lipinski definition) is 3. The summed E-state index contributed by atoms with van der Waals surface area (Å²) in [5.41, 5.74) is 8.82. The van der Waals surface area contributed by atoms with Gasteiger partial charge in [-0.1, -0.05) is 43.7 Å². The summed E-state index contributed by atoms with van der Waals surface area (Å²) in [6, 6.07) is 8.75. The van der Waals surface area contributed by atoms with Crippen molar-refractivity contribution in [1.29, 1.82) is 0 Å². The van der Waals surface area contributed by atoms with E-state index in [1.165, 1.54) is 11.1 Å². The fourth-order valence-electron chi connectivity index (χ4n) is 1.85. The lowest BCUT2D eigenvalue weighted by atomic mass is 10.0. The molecule has 2 nitrogen and oxygen atoms in total. The molecule has 0 aliphatic heterocycles. The van der Waals surface area contributed by atoms with Crippen molar-refractivity contribution in [2.45, 2.75) is 38.5 Å². The molecule has 0 aliphatic rings. The molecule has 0 saturated carbocycles. The third-order valence-electron chi connectivity index (χ3n) is 3.10. The maximum Gasteiger partial charge on any atom is 0.0464 e. The summed E-state index contributed by atoms with van der Waals surface area (Å²) in [6.07, 6.45) is 0.971. The maximum absolute atomic E-state index is 9.11. The van der Waals surface area contributed by atoms with Gasteiger partial charge in [0.1, 0.15) is 0 Å². The van der Waals surface area contributed by atoms with E-state index in [-0.39, 0.29) is 12.6 Å². The lowest BCUT2D eigenvalue weighted by molar-refractivity contribution is 0.250. The van der Waals surface area contributed by atoms with Crippen LogP contribution in [0.5, 0.6) is 0 Å². The van der Waals surface area contributed by atoms with Gasteiger partial charge in [-0.25, -0.2) is 0 Å². The number of benzene rings is 1. The van der Waals surface area contributed by atoms with Crippen LogP contribution in [-0.4, -0.2) is 23.5 Å². The SMILES string of the molecule is CCC(N)C(SCC(C)CO)c1cccc(C)c1. The molecule has 0 aromatic heterocycles. The molecule has 0 saturated heterocycles. The van der Waals surface area contributed by atoms with Gasteiger partial charge in [-0.2, -0.15) is 11.8 Å². The van der Waals surface area contributed by atoms with Crippen molar-refractivity contribution < 1.29 is 5.11 Å². The molecule has 0 heterocycles. The largest absolute Gasteiger partial charge is 0.396 e. The standard InChI is InChI=1S/C15H25NOS/c1-4-14(16)15(18-10-12(3)9-17)13-7-5-6-11(2)8-13/h5-8,12,14-15,17H,4,9-10,16H2,1-3H3. The number of nitrogens with two attached hydrogens (primary N) is 1. The monoisotopic (exact) mass is 267 g/mol. The lowest BCUT2D eigenvalue weighted by Crippen LogP contribution is -2.26. The second kappa shape index (κ2) is 7.82. The zero-order chi connectivity index (χ0) is 13.5. The van der Waals surface area contributed by atoms with Crippen molar-refractivity contribution in [3.8, 4) is 0 Å². The molecule has 0 bridgehead atoms. The maximum atomic E-state index is 9.11. The summed E-state index contributed by atoms with van der Waals surface area (Å²) in [5, 5.41) is 9.44. The van der Waals surface area contributed by atoms with E-state index in [9.17, 15) is 0 Å². The Kier molecular flexibility index (Phi) is 6.76. The zero-order valence-electron chi connectivity index (χ0n) is 11.6. The number of aliphatic hydroxyl groups excluding tert-OH is 1. The van der Waals surface area contributed by atoms with Crippen molar-refractivity contribution in [2.24, 2.45) is 11.7 Å². The molecular weight excluding hydrogens is 242 g/mol. The highest BCUT2D eigenvalue weighted by atomic mass is 32.2. The first-order chi connectivity index (χ1) is 8.58. The van der Waals surface area contributed by atoms with Gasteiger partial charge in [-0.05, 0) is 30.6 Å². The van der Waals surface area contributed by atoms with Gasteiger partial charge in [0.15, 0.2) is 0 Å². The van der Waals surface area contributed by atoms with E-state index in [4.69, 9.17) is 10.8 Å². The van der Waals surface area contributed by atoms with Crippen LogP contribution in [0.1, 0.15) is 36.6 Å². The van der Waals surface area contributed by atoms with Crippen LogP contribution < -0.4 is 5.73 Å². The number of thioether (sulfide) groups is 1. The van der Waals surface area contributed by atoms with E-state index in [0.717, 1.165) is 12.2 Å². The van der Waals surface area contributed by atoms with Crippen LogP contribution in [-0.2, 0) is 0 Å². The van der Waals surface area contributed by atoms with Gasteiger partial charge in [0, 0.05) is 17.9 Å². The number of aryl methyl sites for hydroxylation is 1. The van der Waals surface area contributed by atoms with Crippen LogP contribution >= 0.6 is 11.8 Å². The van der Waals surface area contributed by atoms with Gasteiger partial charge in [-0.15, -0.1) is 0 Å². The summed E-state index contributed by atoms with van der Waals surface area (Å²) >= 11 is 1.86. The lowest BCUT2D eigenvalue weighted by Gasteiger charge is -2.24. The molecule has 18 heavy (non-hydrogen) atoms. The molecule has 0 aliphatic carbocycles. The predicted octanol–water partition coefficient (Wildman–Crippen LogP) is 3.14. The first-order valence-electron chi connectivity index (χ1n) is 6.63. The van der Waals surface area contributed by atoms with E-state index < -0.39 is 0 Å². The Morgan fingerprint density at radius 1 is 1.39 bits per heavy atom. The fourth-order valence-corrected chi connectivity index (χ4v) is 3.27. The average Bonchev–Trinajstić information content (AvgIpc) is 2.38. The van der Waals surface area contributed by atoms with Crippen molar-refractivity contribution in [3.63, 3.8) is 0 Å². The highest BCUT2D eigenvalue weighted by molar-refractivity contribution is 7.99. The van der Waals surface area contributed by atoms with Crippen LogP contribution in [0.4, 0.5) is 0 Å². The van der Waals surface area contributed by atoms with Crippen LogP contribution in [0, 0.1) is 12.8 Å². The van der Waals surface area contributed by atoms with E-state index in [1.807, 2.05) is 11.8 Å². The molecule has 1 rings (SSSR count). The van der Waals surface area contributed by atoms with Gasteiger partial charge >= 0.3 is 0 Å². The minimum Gasteiger partial charge on any atom is -0.396 e. The first-order valence-corrected chi connectivity index (χ1v) is 7.68. The molecule has 0 radical (unpaired) electrons. The van der Waals surface area contributed by atoms with E-state index in [0.29, 0.717) is 11.2 Å². The smallest absolute Gasteiger partial charge is 0.0464 e. The molecule has 0 amide bonds. The Morgan fingerprint density at radius 3 is 2.67 bits per heavy atom. The van der Waals surface area contributed by atoms with Crippen LogP contribution in [0.15, 0.2) is 24.3 Å². The molecule has 1 aromatic carbocycles. The van der Waals surface area contributed by atoms with Crippen molar-refractivity contribution >= 4 is 11.8 Å². The Hall–Kier alpha value is -0.510. The van der Waals surface area contributed by atoms with E-state index in [2.05, 4.69) is 45.0 Å². The molecule has 0 fully saturated rings. The summed E-state index contributed by atoms with van der Waals surface area (Å²) in [7, 11) is 0. The fraction of sp³-hybridized carbons (Fsp3) is 0.600. The quantitative estimate of drug-likeness (QED) is 0.798. The number of aliphatic hydroxyl groups is 1. The minimum atomic E-state index is 0.169. The highest BCUT2D eigenvalue weighted by Crippen LogP contribution is 2.34. The van der Waals surface area contributed by atoms with Crippen LogP contribution in [0.25, 0.3) is 0 Å². The van der Waals surface area contributed by atoms with Crippen LogP contribution in [0.2, 0.25) is 0 Å². The first kappa shape index (κ1) is 15.5. The molecule has 3 heteroatoms. The van der Waals surface area contributed by atoms with Crippen molar-refractivity contribution in [2.75, 3.05) is 12.4 Å². The third-order valence-corrected chi connectivity index (χ3v) is 4.85. The third kappa shape index (κ3) is 4.63. The van der Waals surface area contributed by atoms with Gasteiger partial charge < -0.3 is 10.8 Å². The Morgan fingerprint density at radius 2 is 2.11 bits per heavy atom. The molecular formula is C15H25NOS. The second-order valence-electron chi connectivity index (χ2n) is 5.03. The molecule has 3 N–H and O–H groups in total. The topological polar surface area (TPSA) is 46.2 Å². The Bertz CT molecular complexity index is 356. The second-order valence-corrected chi connectivity index (χ2v) is 6.20. The van der Waals surface area contributed by atoms with Gasteiger partial charge in [0.25, 0.3) is 0 Å². The molecule has 3 unspecified atom stereocenters. The Balaban J connectivity index is 2.78. The molecule has 102 valence electrons. The van der Waals surface area contributed by atoms with Gasteiger partial charge in [-0.3, -0.25) is 0 Å². The van der Waals surface area contributed by atoms with Crippen molar-refractivity contribution in [3.05, 3.63) is 35.4 Å². The van der Waals surface area contributed by atoms with Gasteiger partial charge in [0.05, 0.1) is 0 Å². The summed E-state index contributed by atoms with van der Waals surface area (Å²) in [6.45, 7) is 6.55. The van der Waals surface area contributed by atoms with Crippen LogP contribution in [0.3, 0.4) is 0 Å². The summed E-state index contributed by atoms with van der Waals surface area (Å²) in [5.74, 6) is 1.27. The summed E-state index contributed by atoms with van der Waals surface area (Å²) in [4.78, 5) is 0.